The molecule has 0 radical (unpaired) electrons. The van der Waals surface area contributed by atoms with Gasteiger partial charge >= 0.3 is 0 Å². The van der Waals surface area contributed by atoms with Crippen LogP contribution in [0.5, 0.6) is 0 Å². The second-order valence-electron chi connectivity index (χ2n) is 8.05. The van der Waals surface area contributed by atoms with E-state index in [9.17, 15) is 0 Å². The Morgan fingerprint density at radius 1 is 1.33 bits per heavy atom. The molecule has 0 saturated carbocycles. The number of aliphatic imine (C=N–C) groups is 1. The van der Waals surface area contributed by atoms with Crippen molar-refractivity contribution in [3.05, 3.63) is 18.0 Å². The molecule has 3 aliphatic rings. The lowest BCUT2D eigenvalue weighted by atomic mass is 9.96. The lowest BCUT2D eigenvalue weighted by Crippen LogP contribution is -2.56. The molecule has 1 aromatic heterocycles. The maximum atomic E-state index is 6.03. The van der Waals surface area contributed by atoms with Crippen LogP contribution in [0.25, 0.3) is 0 Å². The Hall–Kier alpha value is -0.560. The van der Waals surface area contributed by atoms with Gasteiger partial charge in [-0.15, -0.1) is 24.0 Å². The summed E-state index contributed by atoms with van der Waals surface area (Å²) in [6.07, 6.45) is 5.20. The number of ether oxygens (including phenoxy) is 2. The van der Waals surface area contributed by atoms with Gasteiger partial charge in [-0.05, 0) is 19.1 Å². The Bertz CT molecular complexity index is 691. The first-order chi connectivity index (χ1) is 14.2. The quantitative estimate of drug-likeness (QED) is 0.340. The van der Waals surface area contributed by atoms with Crippen molar-refractivity contribution < 1.29 is 9.47 Å². The highest BCUT2D eigenvalue weighted by Crippen LogP contribution is 2.34. The average Bonchev–Trinajstić information content (AvgIpc) is 3.42. The van der Waals surface area contributed by atoms with E-state index in [0.717, 1.165) is 69.8 Å². The number of morpholine rings is 2. The fourth-order valence-electron chi connectivity index (χ4n) is 4.41. The molecule has 0 amide bonds. The second-order valence-corrected chi connectivity index (χ2v) is 9.15. The van der Waals surface area contributed by atoms with E-state index in [1.807, 2.05) is 24.1 Å². The monoisotopic (exact) mass is 550 g/mol. The summed E-state index contributed by atoms with van der Waals surface area (Å²) in [7, 11) is 1.94. The molecule has 8 nitrogen and oxygen atoms in total. The molecular weight excluding hydrogens is 515 g/mol. The number of nitrogens with zero attached hydrogens (tertiary/aromatic N) is 5. The number of nitrogens with one attached hydrogen (secondary N) is 1. The summed E-state index contributed by atoms with van der Waals surface area (Å²) in [6, 6.07) is 0. The molecule has 3 saturated heterocycles. The van der Waals surface area contributed by atoms with Crippen LogP contribution in [0.15, 0.2) is 17.4 Å². The zero-order chi connectivity index (χ0) is 20.1. The average molecular weight is 551 g/mol. The van der Waals surface area contributed by atoms with E-state index in [0.29, 0.717) is 6.61 Å². The van der Waals surface area contributed by atoms with Crippen molar-refractivity contribution >= 4 is 41.7 Å². The van der Waals surface area contributed by atoms with E-state index in [4.69, 9.17) is 14.5 Å². The molecule has 4 heterocycles. The lowest BCUT2D eigenvalue weighted by molar-refractivity contribution is -0.0123. The molecule has 1 aromatic rings. The molecule has 0 aromatic carbocycles. The van der Waals surface area contributed by atoms with Gasteiger partial charge in [0.1, 0.15) is 6.10 Å². The Morgan fingerprint density at radius 2 is 2.17 bits per heavy atom. The van der Waals surface area contributed by atoms with E-state index >= 15 is 0 Å². The number of hydrogen-bond donors (Lipinski definition) is 1. The number of thioether (sulfide) groups is 1. The molecule has 0 bridgehead atoms. The lowest BCUT2D eigenvalue weighted by Gasteiger charge is -2.42. The van der Waals surface area contributed by atoms with Gasteiger partial charge in [0.25, 0.3) is 0 Å². The zero-order valence-electron chi connectivity index (χ0n) is 18.1. The number of aryl methyl sites for hydroxylation is 1. The van der Waals surface area contributed by atoms with Gasteiger partial charge in [-0.25, -0.2) is 0 Å². The molecule has 3 aliphatic heterocycles. The first-order valence-corrected chi connectivity index (χ1v) is 11.9. The normalized spacial score (nSPS) is 28.4. The summed E-state index contributed by atoms with van der Waals surface area (Å²) in [4.78, 5) is 10.1. The summed E-state index contributed by atoms with van der Waals surface area (Å²) in [5, 5.41) is 7.82. The van der Waals surface area contributed by atoms with E-state index in [1.54, 1.807) is 0 Å². The SMILES string of the molecule is CCNC(=NCC1(N2CCOCC2)CCSC1)N1CCOC(c2cnn(C)c2)C1.I. The van der Waals surface area contributed by atoms with Crippen molar-refractivity contribution in [2.45, 2.75) is 25.0 Å². The summed E-state index contributed by atoms with van der Waals surface area (Å²) in [5.74, 6) is 3.40. The molecule has 30 heavy (non-hydrogen) atoms. The van der Waals surface area contributed by atoms with E-state index in [-0.39, 0.29) is 35.6 Å². The van der Waals surface area contributed by atoms with E-state index in [2.05, 4.69) is 38.9 Å². The van der Waals surface area contributed by atoms with Crippen LogP contribution >= 0.6 is 35.7 Å². The molecular formula is C20H35IN6O2S. The standard InChI is InChI=1S/C20H34N6O2S.HI/c1-3-21-19(25-5-10-28-18(14-25)17-12-23-24(2)13-17)22-15-20(4-11-29-16-20)26-6-8-27-9-7-26;/h12-13,18H,3-11,14-16H2,1-2H3,(H,21,22);1H. The van der Waals surface area contributed by atoms with Crippen LogP contribution in [0, 0.1) is 0 Å². The summed E-state index contributed by atoms with van der Waals surface area (Å²) >= 11 is 2.06. The number of guanidine groups is 1. The smallest absolute Gasteiger partial charge is 0.194 e. The van der Waals surface area contributed by atoms with E-state index in [1.165, 1.54) is 12.2 Å². The summed E-state index contributed by atoms with van der Waals surface area (Å²) in [6.45, 7) is 9.94. The van der Waals surface area contributed by atoms with E-state index < -0.39 is 0 Å². The third kappa shape index (κ3) is 5.62. The van der Waals surface area contributed by atoms with Gasteiger partial charge in [0.2, 0.25) is 0 Å². The highest BCUT2D eigenvalue weighted by atomic mass is 127. The van der Waals surface area contributed by atoms with Crippen LogP contribution in [0.3, 0.4) is 0 Å². The van der Waals surface area contributed by atoms with Gasteiger partial charge in [0, 0.05) is 50.7 Å². The molecule has 3 fully saturated rings. The first kappa shape index (κ1) is 24.1. The molecule has 2 atom stereocenters. The van der Waals surface area contributed by atoms with Crippen molar-refractivity contribution in [2.75, 3.05) is 70.6 Å². The first-order valence-electron chi connectivity index (χ1n) is 10.7. The number of aromatic nitrogens is 2. The summed E-state index contributed by atoms with van der Waals surface area (Å²) in [5.41, 5.74) is 1.30. The van der Waals surface area contributed by atoms with Crippen LogP contribution in [0.4, 0.5) is 0 Å². The Balaban J connectivity index is 0.00000256. The minimum absolute atomic E-state index is 0. The van der Waals surface area contributed by atoms with Crippen molar-refractivity contribution in [1.29, 1.82) is 0 Å². The van der Waals surface area contributed by atoms with Crippen molar-refractivity contribution in [3.8, 4) is 0 Å². The Labute approximate surface area is 201 Å². The van der Waals surface area contributed by atoms with Crippen LogP contribution in [0.1, 0.15) is 25.0 Å². The predicted molar refractivity (Wildman–Crippen MR) is 132 cm³/mol. The number of rotatable bonds is 5. The summed E-state index contributed by atoms with van der Waals surface area (Å²) < 4.78 is 13.5. The van der Waals surface area contributed by atoms with Gasteiger partial charge in [-0.2, -0.15) is 16.9 Å². The molecule has 0 aliphatic carbocycles. The molecule has 2 unspecified atom stereocenters. The maximum absolute atomic E-state index is 6.03. The molecule has 1 N–H and O–H groups in total. The highest BCUT2D eigenvalue weighted by molar-refractivity contribution is 14.0. The number of halogens is 1. The van der Waals surface area contributed by atoms with Crippen molar-refractivity contribution in [2.24, 2.45) is 12.0 Å². The maximum Gasteiger partial charge on any atom is 0.194 e. The minimum Gasteiger partial charge on any atom is -0.379 e. The van der Waals surface area contributed by atoms with Gasteiger partial charge in [0.05, 0.1) is 44.6 Å². The molecule has 10 heteroatoms. The van der Waals surface area contributed by atoms with Gasteiger partial charge in [-0.1, -0.05) is 0 Å². The van der Waals surface area contributed by atoms with Crippen molar-refractivity contribution in [3.63, 3.8) is 0 Å². The van der Waals surface area contributed by atoms with Crippen LogP contribution in [0.2, 0.25) is 0 Å². The van der Waals surface area contributed by atoms with Crippen LogP contribution in [-0.2, 0) is 16.5 Å². The third-order valence-electron chi connectivity index (χ3n) is 6.09. The highest BCUT2D eigenvalue weighted by Gasteiger charge is 2.41. The molecule has 4 rings (SSSR count). The van der Waals surface area contributed by atoms with Crippen LogP contribution < -0.4 is 5.32 Å². The van der Waals surface area contributed by atoms with Gasteiger partial charge in [-0.3, -0.25) is 14.6 Å². The Kier molecular flexibility index (Phi) is 9.11. The third-order valence-corrected chi connectivity index (χ3v) is 7.32. The van der Waals surface area contributed by atoms with Crippen LogP contribution in [-0.4, -0.2) is 102 Å². The number of hydrogen-bond acceptors (Lipinski definition) is 6. The molecule has 170 valence electrons. The van der Waals surface area contributed by atoms with Gasteiger partial charge in [0.15, 0.2) is 5.96 Å². The topological polar surface area (TPSA) is 67.2 Å². The Morgan fingerprint density at radius 3 is 2.83 bits per heavy atom. The fourth-order valence-corrected chi connectivity index (χ4v) is 5.87. The van der Waals surface area contributed by atoms with Gasteiger partial charge < -0.3 is 19.7 Å². The zero-order valence-corrected chi connectivity index (χ0v) is 21.2. The molecule has 0 spiro atoms. The largest absolute Gasteiger partial charge is 0.379 e. The predicted octanol–water partition coefficient (Wildman–Crippen LogP) is 1.58. The fraction of sp³-hybridized carbons (Fsp3) is 0.800. The second kappa shape index (κ2) is 11.3. The minimum atomic E-state index is 0. The van der Waals surface area contributed by atoms with Crippen molar-refractivity contribution in [1.82, 2.24) is 24.9 Å².